The number of halogens is 1. The van der Waals surface area contributed by atoms with Crippen molar-refractivity contribution in [3.8, 4) is 0 Å². The number of H-pyrrole nitrogens is 1. The van der Waals surface area contributed by atoms with Crippen molar-refractivity contribution in [2.75, 3.05) is 6.54 Å². The van der Waals surface area contributed by atoms with E-state index in [1.807, 2.05) is 11.6 Å². The Morgan fingerprint density at radius 1 is 1.31 bits per heavy atom. The number of aromatic amines is 1. The molecule has 5 rings (SSSR count). The smallest absolute Gasteiger partial charge is 0.123 e. The molecule has 0 saturated heterocycles. The Bertz CT molecular complexity index is 972. The maximum atomic E-state index is 13.5. The van der Waals surface area contributed by atoms with Crippen LogP contribution >= 0.6 is 0 Å². The van der Waals surface area contributed by atoms with Gasteiger partial charge in [0.2, 0.25) is 0 Å². The molecule has 1 aromatic carbocycles. The van der Waals surface area contributed by atoms with Gasteiger partial charge in [-0.1, -0.05) is 0 Å². The highest BCUT2D eigenvalue weighted by Crippen LogP contribution is 2.40. The Morgan fingerprint density at radius 2 is 2.15 bits per heavy atom. The van der Waals surface area contributed by atoms with Gasteiger partial charge in [0.15, 0.2) is 0 Å². The van der Waals surface area contributed by atoms with E-state index in [2.05, 4.69) is 21.0 Å². The number of aryl methyl sites for hydroxylation is 1. The first-order valence-corrected chi connectivity index (χ1v) is 9.32. The molecule has 0 bridgehead atoms. The number of rotatable bonds is 4. The molecule has 6 heteroatoms. The molecule has 5 nitrogen and oxygen atoms in total. The first kappa shape index (κ1) is 16.0. The van der Waals surface area contributed by atoms with E-state index in [4.69, 9.17) is 0 Å². The van der Waals surface area contributed by atoms with Gasteiger partial charge in [-0.25, -0.2) is 4.39 Å². The molecular formula is C20H23FN4O. The number of hydrogen-bond donors (Lipinski definition) is 2. The van der Waals surface area contributed by atoms with Crippen LogP contribution in [0.25, 0.3) is 10.9 Å². The van der Waals surface area contributed by atoms with Crippen molar-refractivity contribution in [1.29, 1.82) is 0 Å². The van der Waals surface area contributed by atoms with E-state index in [9.17, 15) is 9.50 Å². The van der Waals surface area contributed by atoms with E-state index in [1.165, 1.54) is 6.07 Å². The average molecular weight is 354 g/mol. The van der Waals surface area contributed by atoms with Gasteiger partial charge in [-0.15, -0.1) is 0 Å². The van der Waals surface area contributed by atoms with Crippen molar-refractivity contribution in [2.45, 2.75) is 45.5 Å². The van der Waals surface area contributed by atoms with Crippen LogP contribution in [0.15, 0.2) is 24.3 Å². The maximum Gasteiger partial charge on any atom is 0.123 e. The zero-order valence-electron chi connectivity index (χ0n) is 14.9. The lowest BCUT2D eigenvalue weighted by Crippen LogP contribution is -2.33. The van der Waals surface area contributed by atoms with E-state index in [0.717, 1.165) is 72.6 Å². The van der Waals surface area contributed by atoms with Crippen LogP contribution in [0.3, 0.4) is 0 Å². The molecule has 3 heterocycles. The quantitative estimate of drug-likeness (QED) is 0.756. The molecular weight excluding hydrogens is 331 g/mol. The summed E-state index contributed by atoms with van der Waals surface area (Å²) in [5, 5.41) is 15.9. The van der Waals surface area contributed by atoms with E-state index in [0.29, 0.717) is 5.92 Å². The number of aliphatic hydroxyl groups is 1. The average Bonchev–Trinajstić information content (AvgIpc) is 3.33. The monoisotopic (exact) mass is 354 g/mol. The lowest BCUT2D eigenvalue weighted by Gasteiger charge is -2.27. The molecule has 0 amide bonds. The van der Waals surface area contributed by atoms with Crippen LogP contribution in [0.2, 0.25) is 0 Å². The van der Waals surface area contributed by atoms with Crippen LogP contribution in [0.4, 0.5) is 4.39 Å². The second kappa shape index (κ2) is 5.93. The summed E-state index contributed by atoms with van der Waals surface area (Å²) in [4.78, 5) is 5.81. The summed E-state index contributed by atoms with van der Waals surface area (Å²) in [7, 11) is 0. The summed E-state index contributed by atoms with van der Waals surface area (Å²) < 4.78 is 15.6. The first-order valence-electron chi connectivity index (χ1n) is 9.32. The second-order valence-corrected chi connectivity index (χ2v) is 7.70. The molecule has 2 aromatic heterocycles. The lowest BCUT2D eigenvalue weighted by atomic mass is 10.1. The highest BCUT2D eigenvalue weighted by Gasteiger charge is 2.33. The summed E-state index contributed by atoms with van der Waals surface area (Å²) in [5.41, 5.74) is 5.21. The number of aliphatic hydroxyl groups excluding tert-OH is 1. The summed E-state index contributed by atoms with van der Waals surface area (Å²) in [6.07, 6.45) is 1.80. The summed E-state index contributed by atoms with van der Waals surface area (Å²) in [6, 6.07) is 6.95. The SMILES string of the molecule is Cc1c(CN2CCn3nc(C(O)C4CC4)cc3C2)[nH]c2ccc(F)cc12. The predicted octanol–water partition coefficient (Wildman–Crippen LogP) is 3.27. The fourth-order valence-electron chi connectivity index (χ4n) is 4.01. The normalized spacial score (nSPS) is 19.0. The fourth-order valence-corrected chi connectivity index (χ4v) is 4.01. The fraction of sp³-hybridized carbons (Fsp3) is 0.450. The van der Waals surface area contributed by atoms with E-state index in [-0.39, 0.29) is 5.82 Å². The number of aromatic nitrogens is 3. The summed E-state index contributed by atoms with van der Waals surface area (Å²) in [6.45, 7) is 5.41. The van der Waals surface area contributed by atoms with Crippen molar-refractivity contribution in [2.24, 2.45) is 5.92 Å². The molecule has 1 saturated carbocycles. The van der Waals surface area contributed by atoms with Gasteiger partial charge in [-0.2, -0.15) is 5.10 Å². The third kappa shape index (κ3) is 2.73. The highest BCUT2D eigenvalue weighted by atomic mass is 19.1. The van der Waals surface area contributed by atoms with Crippen LogP contribution in [0, 0.1) is 18.7 Å². The third-order valence-corrected chi connectivity index (χ3v) is 5.77. The van der Waals surface area contributed by atoms with Crippen molar-refractivity contribution >= 4 is 10.9 Å². The minimum atomic E-state index is -0.410. The lowest BCUT2D eigenvalue weighted by molar-refractivity contribution is 0.147. The van der Waals surface area contributed by atoms with Crippen molar-refractivity contribution in [1.82, 2.24) is 19.7 Å². The Morgan fingerprint density at radius 3 is 2.96 bits per heavy atom. The van der Waals surface area contributed by atoms with Gasteiger partial charge in [0.05, 0.1) is 17.9 Å². The van der Waals surface area contributed by atoms with Crippen molar-refractivity contribution < 1.29 is 9.50 Å². The topological polar surface area (TPSA) is 57.1 Å². The Kier molecular flexibility index (Phi) is 3.65. The van der Waals surface area contributed by atoms with Gasteiger partial charge >= 0.3 is 0 Å². The molecule has 1 fully saturated rings. The van der Waals surface area contributed by atoms with Gasteiger partial charge in [0.25, 0.3) is 0 Å². The largest absolute Gasteiger partial charge is 0.386 e. The molecule has 1 atom stereocenters. The maximum absolute atomic E-state index is 13.5. The highest BCUT2D eigenvalue weighted by molar-refractivity contribution is 5.84. The summed E-state index contributed by atoms with van der Waals surface area (Å²) >= 11 is 0. The number of nitrogens with one attached hydrogen (secondary N) is 1. The molecule has 1 aliphatic heterocycles. The molecule has 136 valence electrons. The van der Waals surface area contributed by atoms with E-state index >= 15 is 0 Å². The van der Waals surface area contributed by atoms with Crippen molar-refractivity contribution in [3.05, 3.63) is 52.7 Å². The third-order valence-electron chi connectivity index (χ3n) is 5.77. The molecule has 2 aliphatic rings. The molecule has 2 N–H and O–H groups in total. The number of hydrogen-bond acceptors (Lipinski definition) is 3. The minimum Gasteiger partial charge on any atom is -0.386 e. The Hall–Kier alpha value is -2.18. The zero-order chi connectivity index (χ0) is 17.8. The molecule has 0 radical (unpaired) electrons. The number of fused-ring (bicyclic) bond motifs is 2. The predicted molar refractivity (Wildman–Crippen MR) is 97.0 cm³/mol. The molecule has 26 heavy (non-hydrogen) atoms. The standard InChI is InChI=1S/C20H23FN4O/c1-12-16-8-14(21)4-5-17(16)22-19(12)11-24-6-7-25-15(10-24)9-18(23-25)20(26)13-2-3-13/h4-5,8-9,13,20,22,26H,2-3,6-7,10-11H2,1H3. The minimum absolute atomic E-state index is 0.199. The number of benzene rings is 1. The van der Waals surface area contributed by atoms with Crippen molar-refractivity contribution in [3.63, 3.8) is 0 Å². The Labute approximate surface area is 151 Å². The van der Waals surface area contributed by atoms with Gasteiger partial charge in [-0.3, -0.25) is 9.58 Å². The van der Waals surface area contributed by atoms with Crippen LogP contribution in [0.1, 0.15) is 41.6 Å². The van der Waals surface area contributed by atoms with Gasteiger partial charge in [-0.05, 0) is 55.5 Å². The molecule has 1 unspecified atom stereocenters. The van der Waals surface area contributed by atoms with Crippen LogP contribution in [-0.4, -0.2) is 31.3 Å². The van der Waals surface area contributed by atoms with E-state index < -0.39 is 6.10 Å². The molecule has 0 spiro atoms. The second-order valence-electron chi connectivity index (χ2n) is 7.70. The molecule has 3 aromatic rings. The van der Waals surface area contributed by atoms with Gasteiger partial charge < -0.3 is 10.1 Å². The van der Waals surface area contributed by atoms with Crippen LogP contribution in [-0.2, 0) is 19.6 Å². The Balaban J connectivity index is 1.35. The van der Waals surface area contributed by atoms with E-state index in [1.54, 1.807) is 12.1 Å². The summed E-state index contributed by atoms with van der Waals surface area (Å²) in [5.74, 6) is 0.201. The van der Waals surface area contributed by atoms with Crippen LogP contribution in [0.5, 0.6) is 0 Å². The van der Waals surface area contributed by atoms with Crippen LogP contribution < -0.4 is 0 Å². The number of nitrogens with zero attached hydrogens (tertiary/aromatic N) is 3. The first-order chi connectivity index (χ1) is 12.6. The molecule has 1 aliphatic carbocycles. The van der Waals surface area contributed by atoms with Gasteiger partial charge in [0, 0.05) is 36.2 Å². The zero-order valence-corrected chi connectivity index (χ0v) is 14.9. The van der Waals surface area contributed by atoms with Gasteiger partial charge in [0.1, 0.15) is 11.9 Å².